The Kier molecular flexibility index (Phi) is 7.66. The van der Waals surface area contributed by atoms with Crippen LogP contribution in [0.4, 0.5) is 0 Å². The van der Waals surface area contributed by atoms with E-state index in [0.717, 1.165) is 4.47 Å². The van der Waals surface area contributed by atoms with Gasteiger partial charge in [0.1, 0.15) is 0 Å². The van der Waals surface area contributed by atoms with Crippen molar-refractivity contribution in [3.05, 3.63) is 204 Å². The molecule has 0 aliphatic heterocycles. The number of halogens is 1. The van der Waals surface area contributed by atoms with Gasteiger partial charge in [-0.05, 0) is 146 Å². The van der Waals surface area contributed by atoms with Gasteiger partial charge in [-0.15, -0.1) is 0 Å². The maximum atomic E-state index is 3.99. The van der Waals surface area contributed by atoms with Crippen LogP contribution in [0.25, 0.3) is 109 Å². The number of fused-ring (bicyclic) bond motifs is 11. The molecule has 56 heavy (non-hydrogen) atoms. The molecule has 0 saturated carbocycles. The average Bonchev–Trinajstić information content (AvgIpc) is 3.26. The highest BCUT2D eigenvalue weighted by Gasteiger charge is 2.20. The molecule has 0 amide bonds. The van der Waals surface area contributed by atoms with Crippen LogP contribution in [0, 0.1) is 6.92 Å². The normalized spacial score (nSPS) is 11.8. The molecule has 11 aromatic rings. The molecule has 0 aliphatic rings. The first-order valence-corrected chi connectivity index (χ1v) is 20.1. The summed E-state index contributed by atoms with van der Waals surface area (Å²) < 4.78 is 1.10. The zero-order valence-electron chi connectivity index (χ0n) is 30.9. The lowest BCUT2D eigenvalue weighted by molar-refractivity contribution is 1.53. The standard InChI is InChI=1S/C55H35Br/c1-34-22-23-41(36-16-8-3-9-17-36)53-40(34)24-25-42-45-28-26-43-46-29-27-44-49(30-39(31-52(44)56)35-14-6-2-7-15-35)54(46)47(37-18-10-4-11-19-37)33-51(43)55(45)48(32-50(42)53)38-20-12-5-13-21-38/h2-33H,1H3. The molecule has 0 spiro atoms. The van der Waals surface area contributed by atoms with E-state index in [1.54, 1.807) is 0 Å². The van der Waals surface area contributed by atoms with E-state index in [9.17, 15) is 0 Å². The SMILES string of the molecule is Cc1ccc(-c2ccccc2)c2c1ccc1c2cc(-c2ccccc2)c2c1ccc1c3ccc4c(Br)cc(-c5ccccc5)cc4c3c(-c3ccccc3)cc12. The Morgan fingerprint density at radius 3 is 1.18 bits per heavy atom. The van der Waals surface area contributed by atoms with Crippen LogP contribution in [0.1, 0.15) is 5.56 Å². The summed E-state index contributed by atoms with van der Waals surface area (Å²) in [5.74, 6) is 0. The summed E-state index contributed by atoms with van der Waals surface area (Å²) in [5, 5.41) is 15.2. The van der Waals surface area contributed by atoms with Crippen molar-refractivity contribution in [2.75, 3.05) is 0 Å². The van der Waals surface area contributed by atoms with Crippen LogP contribution in [0.5, 0.6) is 0 Å². The topological polar surface area (TPSA) is 0 Å². The van der Waals surface area contributed by atoms with Gasteiger partial charge in [0.05, 0.1) is 0 Å². The second-order valence-electron chi connectivity index (χ2n) is 15.0. The smallest absolute Gasteiger partial charge is 0.0260 e. The van der Waals surface area contributed by atoms with Crippen LogP contribution in [-0.4, -0.2) is 0 Å². The molecule has 11 aromatic carbocycles. The van der Waals surface area contributed by atoms with Crippen molar-refractivity contribution in [1.29, 1.82) is 0 Å². The molecule has 262 valence electrons. The van der Waals surface area contributed by atoms with E-state index < -0.39 is 0 Å². The zero-order valence-corrected chi connectivity index (χ0v) is 32.4. The van der Waals surface area contributed by atoms with Gasteiger partial charge in [-0.3, -0.25) is 0 Å². The van der Waals surface area contributed by atoms with E-state index in [4.69, 9.17) is 0 Å². The zero-order chi connectivity index (χ0) is 37.3. The first-order valence-electron chi connectivity index (χ1n) is 19.3. The molecule has 0 saturated heterocycles. The van der Waals surface area contributed by atoms with Crippen LogP contribution in [-0.2, 0) is 0 Å². The maximum Gasteiger partial charge on any atom is 0.0260 e. The predicted molar refractivity (Wildman–Crippen MR) is 246 cm³/mol. The average molecular weight is 776 g/mol. The highest BCUT2D eigenvalue weighted by atomic mass is 79.9. The first-order chi connectivity index (χ1) is 27.6. The highest BCUT2D eigenvalue weighted by Crippen LogP contribution is 2.48. The molecular formula is C55H35Br. The fraction of sp³-hybridized carbons (Fsp3) is 0.0182. The molecule has 0 atom stereocenters. The van der Waals surface area contributed by atoms with Crippen molar-refractivity contribution in [2.24, 2.45) is 0 Å². The van der Waals surface area contributed by atoms with Crippen LogP contribution in [0.3, 0.4) is 0 Å². The first kappa shape index (κ1) is 32.9. The number of hydrogen-bond acceptors (Lipinski definition) is 0. The number of aryl methyl sites for hydroxylation is 1. The van der Waals surface area contributed by atoms with Gasteiger partial charge in [-0.1, -0.05) is 186 Å². The van der Waals surface area contributed by atoms with Gasteiger partial charge in [0.2, 0.25) is 0 Å². The molecule has 0 nitrogen and oxygen atoms in total. The molecule has 0 N–H and O–H groups in total. The molecular weight excluding hydrogens is 741 g/mol. The van der Waals surface area contributed by atoms with Crippen molar-refractivity contribution < 1.29 is 0 Å². The third-order valence-electron chi connectivity index (χ3n) is 11.8. The minimum Gasteiger partial charge on any atom is -0.0622 e. The summed E-state index contributed by atoms with van der Waals surface area (Å²) in [5.41, 5.74) is 11.1. The van der Waals surface area contributed by atoms with Crippen molar-refractivity contribution in [3.63, 3.8) is 0 Å². The second kappa shape index (κ2) is 13.0. The fourth-order valence-electron chi connectivity index (χ4n) is 9.21. The largest absolute Gasteiger partial charge is 0.0622 e. The Balaban J connectivity index is 1.33. The highest BCUT2D eigenvalue weighted by molar-refractivity contribution is 9.10. The lowest BCUT2D eigenvalue weighted by Gasteiger charge is -2.20. The Morgan fingerprint density at radius 2 is 0.661 bits per heavy atom. The number of rotatable bonds is 4. The van der Waals surface area contributed by atoms with Gasteiger partial charge >= 0.3 is 0 Å². The van der Waals surface area contributed by atoms with Gasteiger partial charge in [0, 0.05) is 4.47 Å². The minimum atomic E-state index is 1.10. The third kappa shape index (κ3) is 5.12. The molecule has 0 aliphatic carbocycles. The third-order valence-corrected chi connectivity index (χ3v) is 12.5. The molecule has 1 heteroatoms. The predicted octanol–water partition coefficient (Wildman–Crippen LogP) is 16.3. The van der Waals surface area contributed by atoms with E-state index in [-0.39, 0.29) is 0 Å². The molecule has 0 unspecified atom stereocenters. The van der Waals surface area contributed by atoms with E-state index >= 15 is 0 Å². The van der Waals surface area contributed by atoms with Crippen LogP contribution in [0.15, 0.2) is 199 Å². The summed E-state index contributed by atoms with van der Waals surface area (Å²) >= 11 is 3.99. The Hall–Kier alpha value is -6.54. The van der Waals surface area contributed by atoms with Gasteiger partial charge in [-0.25, -0.2) is 0 Å². The van der Waals surface area contributed by atoms with E-state index in [1.807, 2.05) is 0 Å². The molecule has 0 radical (unpaired) electrons. The van der Waals surface area contributed by atoms with Crippen molar-refractivity contribution in [1.82, 2.24) is 0 Å². The number of benzene rings is 11. The Labute approximate surface area is 334 Å². The van der Waals surface area contributed by atoms with E-state index in [2.05, 4.69) is 217 Å². The van der Waals surface area contributed by atoms with Crippen molar-refractivity contribution in [2.45, 2.75) is 6.92 Å². The Bertz CT molecular complexity index is 3330. The summed E-state index contributed by atoms with van der Waals surface area (Å²) in [6.45, 7) is 2.23. The molecule has 0 fully saturated rings. The van der Waals surface area contributed by atoms with Gasteiger partial charge < -0.3 is 0 Å². The van der Waals surface area contributed by atoms with Crippen LogP contribution < -0.4 is 0 Å². The monoisotopic (exact) mass is 774 g/mol. The lowest BCUT2D eigenvalue weighted by Crippen LogP contribution is -1.93. The second-order valence-corrected chi connectivity index (χ2v) is 15.8. The summed E-state index contributed by atoms with van der Waals surface area (Å²) in [7, 11) is 0. The summed E-state index contributed by atoms with van der Waals surface area (Å²) in [6.07, 6.45) is 0. The molecule has 0 heterocycles. The number of hydrogen-bond donors (Lipinski definition) is 0. The van der Waals surface area contributed by atoms with Crippen molar-refractivity contribution >= 4 is 80.6 Å². The Morgan fingerprint density at radius 1 is 0.268 bits per heavy atom. The van der Waals surface area contributed by atoms with E-state index in [0.29, 0.717) is 0 Å². The molecule has 11 rings (SSSR count). The minimum absolute atomic E-state index is 1.10. The van der Waals surface area contributed by atoms with Gasteiger partial charge in [0.25, 0.3) is 0 Å². The lowest BCUT2D eigenvalue weighted by atomic mass is 9.83. The van der Waals surface area contributed by atoms with Gasteiger partial charge in [-0.2, -0.15) is 0 Å². The maximum absolute atomic E-state index is 3.99. The fourth-order valence-corrected chi connectivity index (χ4v) is 9.80. The van der Waals surface area contributed by atoms with Gasteiger partial charge in [0.15, 0.2) is 0 Å². The van der Waals surface area contributed by atoms with E-state index in [1.165, 1.54) is 115 Å². The summed E-state index contributed by atoms with van der Waals surface area (Å²) in [4.78, 5) is 0. The summed E-state index contributed by atoms with van der Waals surface area (Å²) in [6, 6.07) is 71.8. The molecule has 0 aromatic heterocycles. The van der Waals surface area contributed by atoms with Crippen LogP contribution in [0.2, 0.25) is 0 Å². The van der Waals surface area contributed by atoms with Crippen molar-refractivity contribution in [3.8, 4) is 44.5 Å². The quantitative estimate of drug-likeness (QED) is 0.156. The van der Waals surface area contributed by atoms with Crippen LogP contribution >= 0.6 is 15.9 Å². The molecule has 0 bridgehead atoms.